The van der Waals surface area contributed by atoms with E-state index in [4.69, 9.17) is 5.73 Å². The van der Waals surface area contributed by atoms with Gasteiger partial charge in [-0.05, 0) is 32.6 Å². The number of aryl methyl sites for hydroxylation is 1. The highest BCUT2D eigenvalue weighted by molar-refractivity contribution is 7.17. The van der Waals surface area contributed by atoms with Crippen LogP contribution in [0.5, 0.6) is 0 Å². The van der Waals surface area contributed by atoms with Crippen LogP contribution in [0.3, 0.4) is 0 Å². The van der Waals surface area contributed by atoms with Gasteiger partial charge in [-0.15, -0.1) is 0 Å². The van der Waals surface area contributed by atoms with Crippen molar-refractivity contribution in [3.05, 3.63) is 10.6 Å². The Morgan fingerprint density at radius 3 is 2.55 bits per heavy atom. The second-order valence-corrected chi connectivity index (χ2v) is 6.12. The molecule has 20 heavy (non-hydrogen) atoms. The maximum absolute atomic E-state index is 12.7. The number of carbonyl (C=O) groups is 1. The lowest BCUT2D eigenvalue weighted by atomic mass is 10.1. The van der Waals surface area contributed by atoms with Crippen LogP contribution in [0.25, 0.3) is 0 Å². The zero-order valence-corrected chi connectivity index (χ0v) is 12.0. The first-order valence-corrected chi connectivity index (χ1v) is 7.11. The molecule has 1 heterocycles. The number of carbonyl (C=O) groups excluding carboxylic acids is 1. The predicted octanol–water partition coefficient (Wildman–Crippen LogP) is 2.84. The molecule has 1 aromatic heterocycles. The minimum atomic E-state index is -4.41. The molecule has 2 rings (SSSR count). The van der Waals surface area contributed by atoms with Crippen molar-refractivity contribution >= 4 is 22.4 Å². The van der Waals surface area contributed by atoms with Crippen LogP contribution >= 0.6 is 11.3 Å². The van der Waals surface area contributed by atoms with Gasteiger partial charge in [-0.2, -0.15) is 13.2 Å². The minimum absolute atomic E-state index is 0.159. The smallest absolute Gasteiger partial charge is 0.375 e. The van der Waals surface area contributed by atoms with Crippen LogP contribution in [-0.4, -0.2) is 34.6 Å². The molecule has 0 aromatic carbocycles. The lowest BCUT2D eigenvalue weighted by molar-refractivity contribution is -0.144. The number of nitrogens with zero attached hydrogens (tertiary/aromatic N) is 2. The van der Waals surface area contributed by atoms with Gasteiger partial charge in [0.1, 0.15) is 11.4 Å². The summed E-state index contributed by atoms with van der Waals surface area (Å²) >= 11 is 0.934. The van der Waals surface area contributed by atoms with E-state index in [1.807, 2.05) is 0 Å². The second kappa shape index (κ2) is 5.23. The van der Waals surface area contributed by atoms with Crippen LogP contribution in [0.15, 0.2) is 0 Å². The quantitative estimate of drug-likeness (QED) is 0.930. The number of halogens is 3. The summed E-state index contributed by atoms with van der Waals surface area (Å²) < 4.78 is 38.1. The topological polar surface area (TPSA) is 59.2 Å². The van der Waals surface area contributed by atoms with E-state index in [1.165, 1.54) is 0 Å². The molecular formula is C12H16F3N3OS. The van der Waals surface area contributed by atoms with E-state index in [-0.39, 0.29) is 15.9 Å². The van der Waals surface area contributed by atoms with Crippen molar-refractivity contribution in [2.75, 3.05) is 12.3 Å². The first kappa shape index (κ1) is 15.1. The molecule has 1 aliphatic carbocycles. The average molecular weight is 307 g/mol. The summed E-state index contributed by atoms with van der Waals surface area (Å²) in [6, 6.07) is -0.424. The maximum atomic E-state index is 12.7. The molecule has 1 saturated carbocycles. The van der Waals surface area contributed by atoms with Gasteiger partial charge in [0.15, 0.2) is 5.13 Å². The Bertz CT molecular complexity index is 511. The summed E-state index contributed by atoms with van der Waals surface area (Å²) in [5.74, 6) is -0.472. The molecule has 1 aliphatic rings. The average Bonchev–Trinajstić information content (AvgIpc) is 3.09. The molecule has 0 bridgehead atoms. The highest BCUT2D eigenvalue weighted by Gasteiger charge is 2.41. The van der Waals surface area contributed by atoms with Crippen molar-refractivity contribution in [3.63, 3.8) is 0 Å². The number of rotatable bonds is 4. The molecule has 0 saturated heterocycles. The maximum Gasteiger partial charge on any atom is 0.406 e. The number of hydrogen-bond acceptors (Lipinski definition) is 4. The Labute approximate surface area is 118 Å². The summed E-state index contributed by atoms with van der Waals surface area (Å²) in [4.78, 5) is 17.4. The van der Waals surface area contributed by atoms with Crippen molar-refractivity contribution in [2.45, 2.75) is 38.9 Å². The molecule has 1 amide bonds. The zero-order chi connectivity index (χ0) is 15.1. The van der Waals surface area contributed by atoms with Crippen molar-refractivity contribution in [1.82, 2.24) is 9.88 Å². The molecule has 1 fully saturated rings. The number of nitrogen functional groups attached to an aromatic ring is 1. The van der Waals surface area contributed by atoms with Crippen LogP contribution in [0.2, 0.25) is 0 Å². The van der Waals surface area contributed by atoms with Gasteiger partial charge in [-0.3, -0.25) is 4.79 Å². The molecule has 2 N–H and O–H groups in total. The van der Waals surface area contributed by atoms with E-state index < -0.39 is 24.7 Å². The fourth-order valence-corrected chi connectivity index (χ4v) is 2.96. The molecular weight excluding hydrogens is 291 g/mol. The fraction of sp³-hybridized carbons (Fsp3) is 0.667. The van der Waals surface area contributed by atoms with Gasteiger partial charge >= 0.3 is 6.18 Å². The number of hydrogen-bond donors (Lipinski definition) is 1. The van der Waals surface area contributed by atoms with Gasteiger partial charge in [0.2, 0.25) is 0 Å². The van der Waals surface area contributed by atoms with Crippen LogP contribution in [0.4, 0.5) is 18.3 Å². The van der Waals surface area contributed by atoms with Crippen LogP contribution in [0, 0.1) is 12.8 Å². The Kier molecular flexibility index (Phi) is 3.95. The Morgan fingerprint density at radius 1 is 1.55 bits per heavy atom. The highest BCUT2D eigenvalue weighted by Crippen LogP contribution is 2.37. The van der Waals surface area contributed by atoms with Gasteiger partial charge in [0.05, 0.1) is 5.69 Å². The summed E-state index contributed by atoms with van der Waals surface area (Å²) in [7, 11) is 0. The van der Waals surface area contributed by atoms with Gasteiger partial charge in [-0.25, -0.2) is 4.98 Å². The molecule has 112 valence electrons. The summed E-state index contributed by atoms with van der Waals surface area (Å²) in [6.07, 6.45) is -2.68. The molecule has 0 aliphatic heterocycles. The van der Waals surface area contributed by atoms with Crippen molar-refractivity contribution in [1.29, 1.82) is 0 Å². The van der Waals surface area contributed by atoms with Crippen LogP contribution < -0.4 is 5.73 Å². The Balaban J connectivity index is 2.25. The molecule has 4 nitrogen and oxygen atoms in total. The SMILES string of the molecule is Cc1nc(N)sc1C(=O)N(CC(F)(F)F)C(C)C1CC1. The first-order chi connectivity index (χ1) is 9.19. The Morgan fingerprint density at radius 2 is 2.15 bits per heavy atom. The molecule has 0 spiro atoms. The third kappa shape index (κ3) is 3.41. The molecule has 1 atom stereocenters. The van der Waals surface area contributed by atoms with Gasteiger partial charge in [0, 0.05) is 6.04 Å². The minimum Gasteiger partial charge on any atom is -0.375 e. The number of aromatic nitrogens is 1. The van der Waals surface area contributed by atoms with Crippen LogP contribution in [0.1, 0.15) is 35.1 Å². The summed E-state index contributed by atoms with van der Waals surface area (Å²) in [5.41, 5.74) is 5.89. The number of anilines is 1. The predicted molar refractivity (Wildman–Crippen MR) is 70.5 cm³/mol. The van der Waals surface area contributed by atoms with E-state index in [0.717, 1.165) is 29.1 Å². The normalized spacial score (nSPS) is 17.1. The van der Waals surface area contributed by atoms with Gasteiger partial charge < -0.3 is 10.6 Å². The van der Waals surface area contributed by atoms with Crippen molar-refractivity contribution < 1.29 is 18.0 Å². The first-order valence-electron chi connectivity index (χ1n) is 6.29. The fourth-order valence-electron chi connectivity index (χ4n) is 2.17. The molecule has 0 radical (unpaired) electrons. The lowest BCUT2D eigenvalue weighted by Crippen LogP contribution is -2.45. The molecule has 1 aromatic rings. The summed E-state index contributed by atoms with van der Waals surface area (Å²) in [6.45, 7) is 2.01. The van der Waals surface area contributed by atoms with E-state index in [9.17, 15) is 18.0 Å². The third-order valence-electron chi connectivity index (χ3n) is 3.41. The lowest BCUT2D eigenvalue weighted by Gasteiger charge is -2.30. The summed E-state index contributed by atoms with van der Waals surface area (Å²) in [5, 5.41) is 0.192. The Hall–Kier alpha value is -1.31. The molecule has 8 heteroatoms. The zero-order valence-electron chi connectivity index (χ0n) is 11.2. The number of amides is 1. The van der Waals surface area contributed by atoms with E-state index in [2.05, 4.69) is 4.98 Å². The van der Waals surface area contributed by atoms with Crippen LogP contribution in [-0.2, 0) is 0 Å². The largest absolute Gasteiger partial charge is 0.406 e. The van der Waals surface area contributed by atoms with E-state index >= 15 is 0 Å². The van der Waals surface area contributed by atoms with Gasteiger partial charge in [0.25, 0.3) is 5.91 Å². The van der Waals surface area contributed by atoms with E-state index in [1.54, 1.807) is 13.8 Å². The number of thiazole rings is 1. The van der Waals surface area contributed by atoms with Gasteiger partial charge in [-0.1, -0.05) is 11.3 Å². The number of nitrogens with two attached hydrogens (primary N) is 1. The third-order valence-corrected chi connectivity index (χ3v) is 4.39. The highest BCUT2D eigenvalue weighted by atomic mass is 32.1. The van der Waals surface area contributed by atoms with Crippen molar-refractivity contribution in [3.8, 4) is 0 Å². The number of alkyl halides is 3. The molecule has 1 unspecified atom stereocenters. The standard InChI is InChI=1S/C12H16F3N3OS/c1-6-9(20-11(16)17-6)10(19)18(5-12(13,14)15)7(2)8-3-4-8/h7-8H,3-5H2,1-2H3,(H2,16,17). The van der Waals surface area contributed by atoms with E-state index in [0.29, 0.717) is 5.69 Å². The second-order valence-electron chi connectivity index (χ2n) is 5.09. The monoisotopic (exact) mass is 307 g/mol. The van der Waals surface area contributed by atoms with Crippen molar-refractivity contribution in [2.24, 2.45) is 5.92 Å².